The zero-order valence-electron chi connectivity index (χ0n) is 8.19. The number of hydrogen-bond donors (Lipinski definition) is 0. The van der Waals surface area contributed by atoms with Crippen molar-refractivity contribution in [3.8, 4) is 11.5 Å². The monoisotopic (exact) mass is 222 g/mol. The number of benzene rings is 1. The Hall–Kier alpha value is -1.61. The Kier molecular flexibility index (Phi) is 4.57. The zero-order chi connectivity index (χ0) is 11.1. The van der Waals surface area contributed by atoms with Crippen molar-refractivity contribution in [2.75, 3.05) is 0 Å². The molecule has 1 aromatic carbocycles. The number of aromatic nitrogens is 2. The molecule has 0 saturated carbocycles. The average Bonchev–Trinajstić information content (AvgIpc) is 2.81. The van der Waals surface area contributed by atoms with Gasteiger partial charge >= 0.3 is 0 Å². The standard InChI is InChI=1S/C9H7ClN2O.C2H4/c10-6-8-11-9(13-12-8)7-4-2-1-3-5-7;1-2/h1-5H,6H2;1-2H2. The van der Waals surface area contributed by atoms with Gasteiger partial charge in [-0.25, -0.2) is 0 Å². The molecule has 0 unspecified atom stereocenters. The maximum Gasteiger partial charge on any atom is 0.257 e. The summed E-state index contributed by atoms with van der Waals surface area (Å²) in [5.74, 6) is 1.30. The van der Waals surface area contributed by atoms with Crippen LogP contribution in [0.5, 0.6) is 0 Å². The van der Waals surface area contributed by atoms with Gasteiger partial charge in [-0.05, 0) is 12.1 Å². The first-order valence-electron chi connectivity index (χ1n) is 4.34. The molecule has 0 atom stereocenters. The number of alkyl halides is 1. The first-order valence-corrected chi connectivity index (χ1v) is 4.87. The fourth-order valence-electron chi connectivity index (χ4n) is 1.01. The maximum absolute atomic E-state index is 5.54. The summed E-state index contributed by atoms with van der Waals surface area (Å²) < 4.78 is 5.00. The molecule has 0 spiro atoms. The SMILES string of the molecule is C=C.ClCc1noc(-c2ccccc2)n1. The van der Waals surface area contributed by atoms with Gasteiger partial charge in [0.05, 0.1) is 5.88 Å². The molecular weight excluding hydrogens is 212 g/mol. The van der Waals surface area contributed by atoms with Crippen molar-refractivity contribution in [3.63, 3.8) is 0 Å². The molecule has 0 amide bonds. The van der Waals surface area contributed by atoms with E-state index in [-0.39, 0.29) is 5.88 Å². The second kappa shape index (κ2) is 5.98. The molecule has 1 aromatic heterocycles. The minimum Gasteiger partial charge on any atom is -0.334 e. The Morgan fingerprint density at radius 2 is 1.87 bits per heavy atom. The molecule has 0 N–H and O–H groups in total. The van der Waals surface area contributed by atoms with E-state index < -0.39 is 0 Å². The van der Waals surface area contributed by atoms with Crippen LogP contribution in [0.15, 0.2) is 48.0 Å². The van der Waals surface area contributed by atoms with Crippen molar-refractivity contribution in [3.05, 3.63) is 49.3 Å². The number of hydrogen-bond acceptors (Lipinski definition) is 3. The third-order valence-corrected chi connectivity index (χ3v) is 1.85. The fourth-order valence-corrected chi connectivity index (χ4v) is 1.11. The predicted molar refractivity (Wildman–Crippen MR) is 60.5 cm³/mol. The first kappa shape index (κ1) is 11.5. The van der Waals surface area contributed by atoms with Crippen LogP contribution in [0.2, 0.25) is 0 Å². The summed E-state index contributed by atoms with van der Waals surface area (Å²) in [7, 11) is 0. The summed E-state index contributed by atoms with van der Waals surface area (Å²) in [6.07, 6.45) is 0. The molecule has 4 heteroatoms. The molecule has 1 heterocycles. The van der Waals surface area contributed by atoms with Crippen molar-refractivity contribution in [2.24, 2.45) is 0 Å². The Bertz CT molecular complexity index is 400. The molecule has 0 aliphatic carbocycles. The van der Waals surface area contributed by atoms with E-state index in [0.717, 1.165) is 5.56 Å². The van der Waals surface area contributed by atoms with E-state index in [1.165, 1.54) is 0 Å². The van der Waals surface area contributed by atoms with Crippen LogP contribution in [0.25, 0.3) is 11.5 Å². The first-order chi connectivity index (χ1) is 7.40. The van der Waals surface area contributed by atoms with Crippen molar-refractivity contribution in [2.45, 2.75) is 5.88 Å². The molecule has 0 radical (unpaired) electrons. The summed E-state index contributed by atoms with van der Waals surface area (Å²) in [4.78, 5) is 4.09. The van der Waals surface area contributed by atoms with Gasteiger partial charge in [-0.1, -0.05) is 23.4 Å². The van der Waals surface area contributed by atoms with E-state index in [1.807, 2.05) is 30.3 Å². The highest BCUT2D eigenvalue weighted by Crippen LogP contribution is 2.16. The molecular formula is C11H11ClN2O. The van der Waals surface area contributed by atoms with Gasteiger partial charge in [0.2, 0.25) is 0 Å². The van der Waals surface area contributed by atoms with Gasteiger partial charge in [0.25, 0.3) is 5.89 Å². The van der Waals surface area contributed by atoms with Crippen molar-refractivity contribution >= 4 is 11.6 Å². The normalized spacial score (nSPS) is 9.13. The lowest BCUT2D eigenvalue weighted by Crippen LogP contribution is -1.80. The van der Waals surface area contributed by atoms with E-state index >= 15 is 0 Å². The largest absolute Gasteiger partial charge is 0.334 e. The van der Waals surface area contributed by atoms with E-state index in [1.54, 1.807) is 0 Å². The van der Waals surface area contributed by atoms with Crippen LogP contribution < -0.4 is 0 Å². The molecule has 0 bridgehead atoms. The van der Waals surface area contributed by atoms with E-state index in [4.69, 9.17) is 16.1 Å². The predicted octanol–water partition coefficient (Wildman–Crippen LogP) is 3.28. The highest BCUT2D eigenvalue weighted by Gasteiger charge is 2.06. The molecule has 2 aromatic rings. The van der Waals surface area contributed by atoms with E-state index in [0.29, 0.717) is 11.7 Å². The van der Waals surface area contributed by atoms with E-state index in [9.17, 15) is 0 Å². The third-order valence-electron chi connectivity index (χ3n) is 1.61. The zero-order valence-corrected chi connectivity index (χ0v) is 8.94. The second-order valence-electron chi connectivity index (χ2n) is 2.52. The third kappa shape index (κ3) is 2.92. The summed E-state index contributed by atoms with van der Waals surface area (Å²) in [5.41, 5.74) is 0.909. The van der Waals surface area contributed by atoms with Crippen LogP contribution in [-0.4, -0.2) is 10.1 Å². The lowest BCUT2D eigenvalue weighted by Gasteiger charge is -1.89. The van der Waals surface area contributed by atoms with Crippen molar-refractivity contribution < 1.29 is 4.52 Å². The Balaban J connectivity index is 0.000000531. The molecule has 2 rings (SSSR count). The Morgan fingerprint density at radius 1 is 1.20 bits per heavy atom. The minimum absolute atomic E-state index is 0.274. The van der Waals surface area contributed by atoms with Crippen molar-refractivity contribution in [1.82, 2.24) is 10.1 Å². The number of halogens is 1. The lowest BCUT2D eigenvalue weighted by atomic mass is 10.2. The van der Waals surface area contributed by atoms with Gasteiger partial charge in [-0.15, -0.1) is 24.8 Å². The van der Waals surface area contributed by atoms with Gasteiger partial charge < -0.3 is 4.52 Å². The highest BCUT2D eigenvalue weighted by atomic mass is 35.5. The van der Waals surface area contributed by atoms with Crippen molar-refractivity contribution in [1.29, 1.82) is 0 Å². The Morgan fingerprint density at radius 3 is 2.40 bits per heavy atom. The van der Waals surface area contributed by atoms with Crippen LogP contribution >= 0.6 is 11.6 Å². The van der Waals surface area contributed by atoms with E-state index in [2.05, 4.69) is 23.3 Å². The van der Waals surface area contributed by atoms with Gasteiger partial charge in [0.15, 0.2) is 5.82 Å². The summed E-state index contributed by atoms with van der Waals surface area (Å²) in [6.45, 7) is 6.00. The smallest absolute Gasteiger partial charge is 0.257 e. The fraction of sp³-hybridized carbons (Fsp3) is 0.0909. The molecule has 15 heavy (non-hydrogen) atoms. The quantitative estimate of drug-likeness (QED) is 0.578. The van der Waals surface area contributed by atoms with Crippen LogP contribution in [-0.2, 0) is 5.88 Å². The maximum atomic E-state index is 5.54. The van der Waals surface area contributed by atoms with Gasteiger partial charge in [-0.2, -0.15) is 4.98 Å². The van der Waals surface area contributed by atoms with Gasteiger partial charge in [-0.3, -0.25) is 0 Å². The number of nitrogens with zero attached hydrogens (tertiary/aromatic N) is 2. The van der Waals surface area contributed by atoms with Crippen LogP contribution in [0.4, 0.5) is 0 Å². The topological polar surface area (TPSA) is 38.9 Å². The average molecular weight is 223 g/mol. The van der Waals surface area contributed by atoms with Gasteiger partial charge in [0.1, 0.15) is 0 Å². The lowest BCUT2D eigenvalue weighted by molar-refractivity contribution is 0.425. The molecule has 3 nitrogen and oxygen atoms in total. The molecule has 78 valence electrons. The number of rotatable bonds is 2. The van der Waals surface area contributed by atoms with Gasteiger partial charge in [0, 0.05) is 5.56 Å². The molecule has 0 fully saturated rings. The van der Waals surface area contributed by atoms with Crippen LogP contribution in [0.1, 0.15) is 5.82 Å². The summed E-state index contributed by atoms with van der Waals surface area (Å²) in [5, 5.41) is 3.69. The minimum atomic E-state index is 0.274. The summed E-state index contributed by atoms with van der Waals surface area (Å²) in [6, 6.07) is 9.58. The molecule has 0 saturated heterocycles. The van der Waals surface area contributed by atoms with Crippen LogP contribution in [0.3, 0.4) is 0 Å². The molecule has 0 aliphatic heterocycles. The highest BCUT2D eigenvalue weighted by molar-refractivity contribution is 6.16. The summed E-state index contributed by atoms with van der Waals surface area (Å²) >= 11 is 5.54. The van der Waals surface area contributed by atoms with Crippen LogP contribution in [0, 0.1) is 0 Å². The molecule has 0 aliphatic rings. The Labute approximate surface area is 93.4 Å². The second-order valence-corrected chi connectivity index (χ2v) is 2.78.